The zero-order chi connectivity index (χ0) is 15.5. The molecule has 0 unspecified atom stereocenters. The van der Waals surface area contributed by atoms with Crippen molar-refractivity contribution in [1.82, 2.24) is 9.97 Å². The highest BCUT2D eigenvalue weighted by atomic mass is 16.5. The Morgan fingerprint density at radius 1 is 1.05 bits per heavy atom. The molecule has 2 heterocycles. The Kier molecular flexibility index (Phi) is 3.82. The molecule has 3 rings (SSSR count). The second-order valence-electron chi connectivity index (χ2n) is 5.05. The second kappa shape index (κ2) is 5.93. The van der Waals surface area contributed by atoms with E-state index in [-0.39, 0.29) is 36.5 Å². The number of nitrogens with zero attached hydrogens (tertiary/aromatic N) is 3. The largest absolute Gasteiger partial charge is 0.497 e. The van der Waals surface area contributed by atoms with Gasteiger partial charge in [-0.1, -0.05) is 12.1 Å². The molecular formula is C16H15N3O3. The van der Waals surface area contributed by atoms with E-state index in [9.17, 15) is 9.59 Å². The van der Waals surface area contributed by atoms with Crippen LogP contribution in [0.1, 0.15) is 24.3 Å². The first-order valence-electron chi connectivity index (χ1n) is 6.96. The first kappa shape index (κ1) is 14.2. The minimum atomic E-state index is -0.275. The van der Waals surface area contributed by atoms with E-state index in [0.717, 1.165) is 16.2 Å². The summed E-state index contributed by atoms with van der Waals surface area (Å²) in [5.41, 5.74) is 0.955. The number of benzene rings is 1. The lowest BCUT2D eigenvalue weighted by Crippen LogP contribution is -2.43. The summed E-state index contributed by atoms with van der Waals surface area (Å²) in [5.74, 6) is 0.222. The van der Waals surface area contributed by atoms with Crippen molar-refractivity contribution in [2.24, 2.45) is 0 Å². The van der Waals surface area contributed by atoms with Gasteiger partial charge in [-0.05, 0) is 23.8 Å². The van der Waals surface area contributed by atoms with Gasteiger partial charge in [0.05, 0.1) is 7.11 Å². The van der Waals surface area contributed by atoms with Crippen molar-refractivity contribution in [1.29, 1.82) is 0 Å². The number of imide groups is 1. The number of anilines is 1. The van der Waals surface area contributed by atoms with Crippen LogP contribution in [-0.2, 0) is 9.59 Å². The van der Waals surface area contributed by atoms with Gasteiger partial charge in [-0.15, -0.1) is 0 Å². The van der Waals surface area contributed by atoms with E-state index >= 15 is 0 Å². The number of ether oxygens (including phenoxy) is 1. The zero-order valence-corrected chi connectivity index (χ0v) is 12.1. The summed E-state index contributed by atoms with van der Waals surface area (Å²) in [4.78, 5) is 33.7. The number of carbonyl (C=O) groups is 2. The number of hydrogen-bond donors (Lipinski definition) is 0. The molecule has 1 aromatic heterocycles. The van der Waals surface area contributed by atoms with Gasteiger partial charge in [-0.2, -0.15) is 0 Å². The van der Waals surface area contributed by atoms with Gasteiger partial charge in [-0.3, -0.25) is 9.59 Å². The average molecular weight is 297 g/mol. The molecule has 2 amide bonds. The van der Waals surface area contributed by atoms with Gasteiger partial charge >= 0.3 is 0 Å². The van der Waals surface area contributed by atoms with Gasteiger partial charge in [0.25, 0.3) is 0 Å². The van der Waals surface area contributed by atoms with Crippen LogP contribution in [0.2, 0.25) is 0 Å². The average Bonchev–Trinajstić information content (AvgIpc) is 2.55. The molecule has 0 aliphatic carbocycles. The number of carbonyl (C=O) groups excluding carboxylic acids is 2. The lowest BCUT2D eigenvalue weighted by atomic mass is 9.88. The normalized spacial score (nSPS) is 16.0. The fourth-order valence-corrected chi connectivity index (χ4v) is 2.56. The third kappa shape index (κ3) is 2.67. The third-order valence-electron chi connectivity index (χ3n) is 3.68. The molecule has 0 saturated carbocycles. The molecule has 1 aliphatic heterocycles. The van der Waals surface area contributed by atoms with Crippen molar-refractivity contribution in [3.05, 3.63) is 48.3 Å². The van der Waals surface area contributed by atoms with Gasteiger partial charge in [0.2, 0.25) is 17.8 Å². The molecule has 0 N–H and O–H groups in total. The predicted octanol–water partition coefficient (Wildman–Crippen LogP) is 1.92. The Morgan fingerprint density at radius 2 is 1.64 bits per heavy atom. The second-order valence-corrected chi connectivity index (χ2v) is 5.05. The van der Waals surface area contributed by atoms with E-state index in [2.05, 4.69) is 9.97 Å². The minimum Gasteiger partial charge on any atom is -0.497 e. The molecule has 6 heteroatoms. The molecule has 0 bridgehead atoms. The summed E-state index contributed by atoms with van der Waals surface area (Å²) in [6.07, 6.45) is 3.55. The van der Waals surface area contributed by atoms with Crippen LogP contribution in [-0.4, -0.2) is 28.9 Å². The minimum absolute atomic E-state index is 0.120. The quantitative estimate of drug-likeness (QED) is 0.809. The van der Waals surface area contributed by atoms with Crippen LogP contribution in [0.5, 0.6) is 5.75 Å². The Hall–Kier alpha value is -2.76. The van der Waals surface area contributed by atoms with Crippen molar-refractivity contribution in [3.8, 4) is 5.75 Å². The maximum absolute atomic E-state index is 12.3. The number of hydrogen-bond acceptors (Lipinski definition) is 5. The van der Waals surface area contributed by atoms with Crippen LogP contribution in [0.3, 0.4) is 0 Å². The molecule has 0 atom stereocenters. The molecule has 6 nitrogen and oxygen atoms in total. The highest BCUT2D eigenvalue weighted by molar-refractivity contribution is 6.15. The van der Waals surface area contributed by atoms with E-state index in [4.69, 9.17) is 4.74 Å². The monoisotopic (exact) mass is 297 g/mol. The number of methoxy groups -OCH3 is 1. The molecule has 0 spiro atoms. The zero-order valence-electron chi connectivity index (χ0n) is 12.1. The van der Waals surface area contributed by atoms with Crippen molar-refractivity contribution in [2.75, 3.05) is 12.0 Å². The summed E-state index contributed by atoms with van der Waals surface area (Å²) in [7, 11) is 1.60. The number of aromatic nitrogens is 2. The van der Waals surface area contributed by atoms with Crippen molar-refractivity contribution in [3.63, 3.8) is 0 Å². The van der Waals surface area contributed by atoms with Crippen LogP contribution in [0, 0.1) is 0 Å². The van der Waals surface area contributed by atoms with Gasteiger partial charge < -0.3 is 4.74 Å². The Bertz CT molecular complexity index is 668. The van der Waals surface area contributed by atoms with Gasteiger partial charge in [0, 0.05) is 31.2 Å². The van der Waals surface area contributed by atoms with E-state index in [1.54, 1.807) is 13.2 Å². The molecular weight excluding hydrogens is 282 g/mol. The lowest BCUT2D eigenvalue weighted by Gasteiger charge is -2.28. The van der Waals surface area contributed by atoms with Crippen molar-refractivity contribution < 1.29 is 14.3 Å². The van der Waals surface area contributed by atoms with E-state index in [1.165, 1.54) is 12.4 Å². The summed E-state index contributed by atoms with van der Waals surface area (Å²) in [6.45, 7) is 0. The van der Waals surface area contributed by atoms with Gasteiger partial charge in [-0.25, -0.2) is 14.9 Å². The summed E-state index contributed by atoms with van der Waals surface area (Å²) in [6, 6.07) is 9.08. The first-order valence-corrected chi connectivity index (χ1v) is 6.96. The highest BCUT2D eigenvalue weighted by Crippen LogP contribution is 2.31. The Labute approximate surface area is 127 Å². The molecule has 1 aliphatic rings. The molecule has 2 aromatic rings. The molecule has 112 valence electrons. The maximum atomic E-state index is 12.3. The number of piperidine rings is 1. The van der Waals surface area contributed by atoms with Crippen LogP contribution < -0.4 is 9.64 Å². The standard InChI is InChI=1S/C16H15N3O3/c1-22-13-5-3-11(4-6-13)12-9-14(20)19(15(21)10-12)16-17-7-2-8-18-16/h2-8,12H,9-10H2,1H3. The Morgan fingerprint density at radius 3 is 2.18 bits per heavy atom. The first-order chi connectivity index (χ1) is 10.7. The van der Waals surface area contributed by atoms with Crippen LogP contribution in [0.15, 0.2) is 42.7 Å². The molecule has 1 fully saturated rings. The van der Waals surface area contributed by atoms with Crippen molar-refractivity contribution in [2.45, 2.75) is 18.8 Å². The van der Waals surface area contributed by atoms with Gasteiger partial charge in [0.15, 0.2) is 0 Å². The van der Waals surface area contributed by atoms with Crippen molar-refractivity contribution >= 4 is 17.8 Å². The molecule has 1 aromatic carbocycles. The number of amides is 2. The highest BCUT2D eigenvalue weighted by Gasteiger charge is 2.35. The Balaban J connectivity index is 1.80. The van der Waals surface area contributed by atoms with Crippen LogP contribution in [0.25, 0.3) is 0 Å². The van der Waals surface area contributed by atoms with E-state index < -0.39 is 0 Å². The van der Waals surface area contributed by atoms with E-state index in [0.29, 0.717) is 0 Å². The predicted molar refractivity (Wildman–Crippen MR) is 79.5 cm³/mol. The van der Waals surface area contributed by atoms with Crippen LogP contribution >= 0.6 is 0 Å². The maximum Gasteiger partial charge on any atom is 0.239 e. The molecule has 0 radical (unpaired) electrons. The third-order valence-corrected chi connectivity index (χ3v) is 3.68. The fourth-order valence-electron chi connectivity index (χ4n) is 2.56. The summed E-state index contributed by atoms with van der Waals surface area (Å²) in [5, 5.41) is 0. The van der Waals surface area contributed by atoms with Gasteiger partial charge in [0.1, 0.15) is 5.75 Å². The lowest BCUT2D eigenvalue weighted by molar-refractivity contribution is -0.129. The number of rotatable bonds is 3. The fraction of sp³-hybridized carbons (Fsp3) is 0.250. The van der Waals surface area contributed by atoms with Crippen LogP contribution in [0.4, 0.5) is 5.95 Å². The molecule has 22 heavy (non-hydrogen) atoms. The SMILES string of the molecule is COc1ccc(C2CC(=O)N(c3ncccn3)C(=O)C2)cc1. The van der Waals surface area contributed by atoms with E-state index in [1.807, 2.05) is 24.3 Å². The molecule has 1 saturated heterocycles. The summed E-state index contributed by atoms with van der Waals surface area (Å²) < 4.78 is 5.12. The summed E-state index contributed by atoms with van der Waals surface area (Å²) >= 11 is 0. The topological polar surface area (TPSA) is 72.4 Å². The smallest absolute Gasteiger partial charge is 0.239 e.